The van der Waals surface area contributed by atoms with Crippen molar-refractivity contribution in [1.29, 1.82) is 0 Å². The number of aromatic nitrogens is 3. The van der Waals surface area contributed by atoms with Crippen LogP contribution in [-0.4, -0.2) is 27.8 Å². The van der Waals surface area contributed by atoms with Gasteiger partial charge in [0.2, 0.25) is 5.95 Å². The minimum absolute atomic E-state index is 0.183. The van der Waals surface area contributed by atoms with Crippen molar-refractivity contribution < 1.29 is 9.53 Å². The molecule has 1 aliphatic heterocycles. The van der Waals surface area contributed by atoms with Gasteiger partial charge in [-0.2, -0.15) is 21.4 Å². The third kappa shape index (κ3) is 2.84. The van der Waals surface area contributed by atoms with E-state index in [1.807, 2.05) is 48.0 Å². The number of nitrogens with zero attached hydrogens (tertiary/aromatic N) is 3. The van der Waals surface area contributed by atoms with Crippen LogP contribution in [-0.2, 0) is 4.79 Å². The van der Waals surface area contributed by atoms with Crippen molar-refractivity contribution >= 4 is 28.9 Å². The predicted molar refractivity (Wildman–Crippen MR) is 100 cm³/mol. The van der Waals surface area contributed by atoms with Gasteiger partial charge in [-0.1, -0.05) is 0 Å². The monoisotopic (exact) mass is 367 g/mol. The van der Waals surface area contributed by atoms with Gasteiger partial charge in [-0.05, 0) is 53.6 Å². The highest BCUT2D eigenvalue weighted by molar-refractivity contribution is 7.08. The van der Waals surface area contributed by atoms with Crippen LogP contribution in [0.2, 0.25) is 0 Å². The summed E-state index contributed by atoms with van der Waals surface area (Å²) in [6, 6.07) is 8.91. The highest BCUT2D eigenvalue weighted by atomic mass is 32.1. The molecule has 2 aromatic heterocycles. The summed E-state index contributed by atoms with van der Waals surface area (Å²) < 4.78 is 6.89. The first-order chi connectivity index (χ1) is 12.7. The molecular formula is C18H17N5O2S. The molecule has 1 atom stereocenters. The van der Waals surface area contributed by atoms with Gasteiger partial charge in [0.25, 0.3) is 5.91 Å². The molecule has 0 fully saturated rings. The summed E-state index contributed by atoms with van der Waals surface area (Å²) in [6.45, 7) is 1.88. The summed E-state index contributed by atoms with van der Waals surface area (Å²) in [5.74, 6) is 1.18. The quantitative estimate of drug-likeness (QED) is 0.740. The number of nitrogens with one attached hydrogen (secondary N) is 2. The average Bonchev–Trinajstić information content (AvgIpc) is 3.32. The molecule has 2 N–H and O–H groups in total. The lowest BCUT2D eigenvalue weighted by atomic mass is 9.97. The molecule has 0 spiro atoms. The van der Waals surface area contributed by atoms with Crippen molar-refractivity contribution in [2.24, 2.45) is 0 Å². The van der Waals surface area contributed by atoms with Gasteiger partial charge in [-0.15, -0.1) is 0 Å². The molecule has 0 saturated heterocycles. The van der Waals surface area contributed by atoms with Gasteiger partial charge in [0.15, 0.2) is 0 Å². The molecule has 0 radical (unpaired) electrons. The Morgan fingerprint density at radius 2 is 2.12 bits per heavy atom. The summed E-state index contributed by atoms with van der Waals surface area (Å²) in [4.78, 5) is 17.3. The zero-order chi connectivity index (χ0) is 18.1. The fourth-order valence-corrected chi connectivity index (χ4v) is 3.68. The first-order valence-electron chi connectivity index (χ1n) is 8.02. The van der Waals surface area contributed by atoms with Crippen LogP contribution in [0.3, 0.4) is 0 Å². The number of ether oxygens (including phenoxy) is 1. The molecule has 3 heterocycles. The number of carbonyl (C=O) groups excluding carboxylic acids is 1. The maximum atomic E-state index is 13.1. The van der Waals surface area contributed by atoms with Crippen LogP contribution >= 0.6 is 11.3 Å². The second kappa shape index (κ2) is 6.64. The summed E-state index contributed by atoms with van der Waals surface area (Å²) in [5.41, 5.74) is 3.07. The molecule has 1 unspecified atom stereocenters. The topological polar surface area (TPSA) is 81.1 Å². The zero-order valence-electron chi connectivity index (χ0n) is 14.3. The Kier molecular flexibility index (Phi) is 4.18. The number of rotatable bonds is 4. The largest absolute Gasteiger partial charge is 0.497 e. The Labute approximate surface area is 154 Å². The van der Waals surface area contributed by atoms with Gasteiger partial charge in [0, 0.05) is 11.4 Å². The van der Waals surface area contributed by atoms with Crippen molar-refractivity contribution in [2.45, 2.75) is 13.0 Å². The lowest BCUT2D eigenvalue weighted by Crippen LogP contribution is -2.31. The number of methoxy groups -OCH3 is 1. The Bertz CT molecular complexity index is 960. The number of allylic oxidation sites excluding steroid dienone is 1. The van der Waals surface area contributed by atoms with Crippen LogP contribution in [0.4, 0.5) is 11.6 Å². The second-order valence-electron chi connectivity index (χ2n) is 5.83. The Morgan fingerprint density at radius 3 is 2.81 bits per heavy atom. The first kappa shape index (κ1) is 16.3. The molecule has 4 rings (SSSR count). The molecule has 1 aliphatic rings. The molecule has 0 bridgehead atoms. The number of benzene rings is 1. The lowest BCUT2D eigenvalue weighted by Gasteiger charge is -2.28. The van der Waals surface area contributed by atoms with E-state index in [-0.39, 0.29) is 11.9 Å². The standard InChI is InChI=1S/C18H17N5O2S/c1-11-15(17(24)22-13-3-5-14(25-2)6-4-13)16(12-7-8-26-9-12)23-18(21-11)19-10-20-23/h3-10,16H,1-2H3,(H,22,24)(H,19,20,21). The van der Waals surface area contributed by atoms with Crippen molar-refractivity contribution in [3.05, 3.63) is 64.3 Å². The molecular weight excluding hydrogens is 350 g/mol. The summed E-state index contributed by atoms with van der Waals surface area (Å²) in [6.07, 6.45) is 1.49. The van der Waals surface area contributed by atoms with Crippen LogP contribution < -0.4 is 15.4 Å². The number of thiophene rings is 1. The fraction of sp³-hybridized carbons (Fsp3) is 0.167. The maximum Gasteiger partial charge on any atom is 0.255 e. The minimum Gasteiger partial charge on any atom is -0.497 e. The van der Waals surface area contributed by atoms with Crippen molar-refractivity contribution in [3.63, 3.8) is 0 Å². The van der Waals surface area contributed by atoms with E-state index < -0.39 is 0 Å². The van der Waals surface area contributed by atoms with Crippen LogP contribution in [0.5, 0.6) is 5.75 Å². The van der Waals surface area contributed by atoms with Gasteiger partial charge >= 0.3 is 0 Å². The lowest BCUT2D eigenvalue weighted by molar-refractivity contribution is -0.113. The number of carbonyl (C=O) groups is 1. The van der Waals surface area contributed by atoms with Crippen LogP contribution in [0.15, 0.2) is 58.7 Å². The first-order valence-corrected chi connectivity index (χ1v) is 8.96. The van der Waals surface area contributed by atoms with Crippen molar-refractivity contribution in [3.8, 4) is 5.75 Å². The van der Waals surface area contributed by atoms with Crippen LogP contribution in [0.1, 0.15) is 18.5 Å². The molecule has 3 aromatic rings. The second-order valence-corrected chi connectivity index (χ2v) is 6.61. The number of hydrogen-bond acceptors (Lipinski definition) is 6. The van der Waals surface area contributed by atoms with E-state index in [0.29, 0.717) is 17.2 Å². The predicted octanol–water partition coefficient (Wildman–Crippen LogP) is 3.28. The summed E-state index contributed by atoms with van der Waals surface area (Å²) in [5, 5.41) is 14.4. The molecule has 26 heavy (non-hydrogen) atoms. The molecule has 0 saturated carbocycles. The Balaban J connectivity index is 1.69. The molecule has 8 heteroatoms. The van der Waals surface area contributed by atoms with E-state index in [4.69, 9.17) is 4.74 Å². The van der Waals surface area contributed by atoms with Crippen LogP contribution in [0.25, 0.3) is 0 Å². The molecule has 1 aromatic carbocycles. The SMILES string of the molecule is COc1ccc(NC(=O)C2=C(C)Nc3ncnn3C2c2ccsc2)cc1. The normalized spacial score (nSPS) is 16.0. The molecule has 132 valence electrons. The van der Waals surface area contributed by atoms with E-state index in [2.05, 4.69) is 20.7 Å². The summed E-state index contributed by atoms with van der Waals surface area (Å²) >= 11 is 1.58. The number of hydrogen-bond donors (Lipinski definition) is 2. The van der Waals surface area contributed by atoms with Gasteiger partial charge < -0.3 is 15.4 Å². The number of fused-ring (bicyclic) bond motifs is 1. The smallest absolute Gasteiger partial charge is 0.255 e. The average molecular weight is 367 g/mol. The van der Waals surface area contributed by atoms with Gasteiger partial charge in [0.1, 0.15) is 18.1 Å². The Hall–Kier alpha value is -3.13. The van der Waals surface area contributed by atoms with E-state index in [1.54, 1.807) is 23.1 Å². The third-order valence-corrected chi connectivity index (χ3v) is 4.95. The number of amides is 1. The molecule has 1 amide bonds. The zero-order valence-corrected chi connectivity index (χ0v) is 15.1. The molecule has 0 aliphatic carbocycles. The summed E-state index contributed by atoms with van der Waals surface area (Å²) in [7, 11) is 1.61. The Morgan fingerprint density at radius 1 is 1.31 bits per heavy atom. The third-order valence-electron chi connectivity index (χ3n) is 4.25. The van der Waals surface area contributed by atoms with Gasteiger partial charge in [-0.25, -0.2) is 4.68 Å². The van der Waals surface area contributed by atoms with E-state index in [1.165, 1.54) is 6.33 Å². The van der Waals surface area contributed by atoms with Gasteiger partial charge in [-0.3, -0.25) is 4.79 Å². The van der Waals surface area contributed by atoms with Crippen LogP contribution in [0, 0.1) is 0 Å². The minimum atomic E-state index is -0.321. The maximum absolute atomic E-state index is 13.1. The van der Waals surface area contributed by atoms with E-state index in [9.17, 15) is 4.79 Å². The highest BCUT2D eigenvalue weighted by Crippen LogP contribution is 2.36. The molecule has 7 nitrogen and oxygen atoms in total. The van der Waals surface area contributed by atoms with Crippen molar-refractivity contribution in [2.75, 3.05) is 17.7 Å². The van der Waals surface area contributed by atoms with Crippen molar-refractivity contribution in [1.82, 2.24) is 14.8 Å². The van der Waals surface area contributed by atoms with E-state index >= 15 is 0 Å². The highest BCUT2D eigenvalue weighted by Gasteiger charge is 2.33. The van der Waals surface area contributed by atoms with Gasteiger partial charge in [0.05, 0.1) is 12.7 Å². The van der Waals surface area contributed by atoms with E-state index in [0.717, 1.165) is 17.0 Å². The fourth-order valence-electron chi connectivity index (χ4n) is 3.00. The number of anilines is 2.